The number of para-hydroxylation sites is 1. The number of thiophene rings is 1. The number of rotatable bonds is 4. The molecule has 168 valence electrons. The molecule has 0 N–H and O–H groups in total. The first-order valence-corrected chi connectivity index (χ1v) is 11.4. The average Bonchev–Trinajstić information content (AvgIpc) is 3.29. The van der Waals surface area contributed by atoms with Gasteiger partial charge in [-0.2, -0.15) is 13.2 Å². The van der Waals surface area contributed by atoms with Gasteiger partial charge in [0.2, 0.25) is 0 Å². The zero-order chi connectivity index (χ0) is 23.9. The lowest BCUT2D eigenvalue weighted by Gasteiger charge is -2.09. The molecule has 0 amide bonds. The Bertz CT molecular complexity index is 1500. The van der Waals surface area contributed by atoms with Crippen LogP contribution in [0.1, 0.15) is 22.8 Å². The van der Waals surface area contributed by atoms with E-state index in [0.717, 1.165) is 49.6 Å². The Labute approximate surface area is 198 Å². The Morgan fingerprint density at radius 2 is 1.50 bits per heavy atom. The number of hydrogen-bond donors (Lipinski definition) is 0. The van der Waals surface area contributed by atoms with Gasteiger partial charge in [-0.3, -0.25) is 4.79 Å². The number of nitrogens with zero attached hydrogens (tertiary/aromatic N) is 1. The van der Waals surface area contributed by atoms with Crippen molar-refractivity contribution in [3.8, 4) is 32.1 Å². The molecule has 0 unspecified atom stereocenters. The Balaban J connectivity index is 1.65. The maximum absolute atomic E-state index is 13.1. The number of hydrogen-bond acceptors (Lipinski definition) is 3. The van der Waals surface area contributed by atoms with Crippen molar-refractivity contribution in [2.75, 3.05) is 0 Å². The molecule has 0 fully saturated rings. The summed E-state index contributed by atoms with van der Waals surface area (Å²) in [7, 11) is 0. The molecule has 34 heavy (non-hydrogen) atoms. The smallest absolute Gasteiger partial charge is 0.295 e. The molecule has 0 spiro atoms. The van der Waals surface area contributed by atoms with E-state index in [1.165, 1.54) is 30.4 Å². The Hall–Kier alpha value is -3.77. The third kappa shape index (κ3) is 4.24. The molecule has 5 aromatic rings. The van der Waals surface area contributed by atoms with E-state index in [0.29, 0.717) is 11.1 Å². The van der Waals surface area contributed by atoms with Crippen molar-refractivity contribution in [2.24, 2.45) is 0 Å². The highest BCUT2D eigenvalue weighted by Gasteiger charge is 2.30. The fourth-order valence-corrected chi connectivity index (χ4v) is 4.99. The first-order chi connectivity index (χ1) is 16.3. The maximum atomic E-state index is 13.1. The van der Waals surface area contributed by atoms with Crippen LogP contribution >= 0.6 is 11.3 Å². The largest absolute Gasteiger partial charge is 0.416 e. The molecule has 0 bridgehead atoms. The number of benzene rings is 3. The minimum absolute atomic E-state index is 0.00998. The van der Waals surface area contributed by atoms with Gasteiger partial charge in [0, 0.05) is 21.4 Å². The molecule has 0 aliphatic heterocycles. The standard InChI is InChI=1S/C28H18F3NOS/c1-17(33)18-6-8-21(9-7-18)26-16-23(19-10-13-22(14-11-19)28(29,30)31)27(34-26)25-15-12-20-4-2-3-5-24(20)32-25/h2-16H,1H3. The second-order valence-electron chi connectivity index (χ2n) is 7.95. The van der Waals surface area contributed by atoms with Crippen LogP contribution in [-0.2, 0) is 6.18 Å². The van der Waals surface area contributed by atoms with E-state index < -0.39 is 11.7 Å². The van der Waals surface area contributed by atoms with Crippen molar-refractivity contribution in [2.45, 2.75) is 13.1 Å². The molecule has 2 heterocycles. The number of aromatic nitrogens is 1. The first-order valence-electron chi connectivity index (χ1n) is 10.6. The third-order valence-corrected chi connectivity index (χ3v) is 6.87. The zero-order valence-corrected chi connectivity index (χ0v) is 18.9. The predicted molar refractivity (Wildman–Crippen MR) is 131 cm³/mol. The van der Waals surface area contributed by atoms with Crippen molar-refractivity contribution < 1.29 is 18.0 Å². The highest BCUT2D eigenvalue weighted by molar-refractivity contribution is 7.19. The SMILES string of the molecule is CC(=O)c1ccc(-c2cc(-c3ccc(C(F)(F)F)cc3)c(-c3ccc4ccccc4n3)s2)cc1. The second kappa shape index (κ2) is 8.54. The van der Waals surface area contributed by atoms with Crippen LogP contribution in [0.15, 0.2) is 91.0 Å². The molecule has 2 aromatic heterocycles. The quantitative estimate of drug-likeness (QED) is 0.245. The van der Waals surface area contributed by atoms with Crippen LogP contribution in [0, 0.1) is 0 Å². The number of ketones is 1. The van der Waals surface area contributed by atoms with Crippen molar-refractivity contribution in [3.63, 3.8) is 0 Å². The molecular formula is C28H18F3NOS. The van der Waals surface area contributed by atoms with Crippen molar-refractivity contribution in [1.29, 1.82) is 0 Å². The lowest BCUT2D eigenvalue weighted by Crippen LogP contribution is -2.03. The molecule has 0 aliphatic rings. The number of alkyl halides is 3. The predicted octanol–water partition coefficient (Wildman–Crippen LogP) is 8.52. The highest BCUT2D eigenvalue weighted by atomic mass is 32.1. The first kappa shape index (κ1) is 22.0. The summed E-state index contributed by atoms with van der Waals surface area (Å²) in [4.78, 5) is 18.3. The Morgan fingerprint density at radius 1 is 0.824 bits per heavy atom. The molecule has 5 rings (SSSR count). The van der Waals surface area contributed by atoms with Gasteiger partial charge in [0.15, 0.2) is 5.78 Å². The Morgan fingerprint density at radius 3 is 2.18 bits per heavy atom. The summed E-state index contributed by atoms with van der Waals surface area (Å²) in [5.74, 6) is -0.00998. The maximum Gasteiger partial charge on any atom is 0.416 e. The van der Waals surface area contributed by atoms with Gasteiger partial charge in [-0.15, -0.1) is 11.3 Å². The van der Waals surface area contributed by atoms with Gasteiger partial charge in [0.25, 0.3) is 0 Å². The lowest BCUT2D eigenvalue weighted by atomic mass is 10.0. The summed E-state index contributed by atoms with van der Waals surface area (Å²) in [5.41, 5.74) is 3.96. The molecule has 6 heteroatoms. The number of fused-ring (bicyclic) bond motifs is 1. The van der Waals surface area contributed by atoms with Gasteiger partial charge >= 0.3 is 6.18 Å². The van der Waals surface area contributed by atoms with Gasteiger partial charge in [0.05, 0.1) is 21.7 Å². The molecule has 0 radical (unpaired) electrons. The molecule has 3 aromatic carbocycles. The van der Waals surface area contributed by atoms with Crippen LogP contribution in [0.4, 0.5) is 13.2 Å². The van der Waals surface area contributed by atoms with E-state index in [2.05, 4.69) is 0 Å². The number of pyridine rings is 1. The molecular weight excluding hydrogens is 455 g/mol. The average molecular weight is 474 g/mol. The van der Waals surface area contributed by atoms with Crippen LogP contribution in [0.5, 0.6) is 0 Å². The summed E-state index contributed by atoms with van der Waals surface area (Å²) in [6.07, 6.45) is -4.39. The van der Waals surface area contributed by atoms with Gasteiger partial charge in [0.1, 0.15) is 0 Å². The topological polar surface area (TPSA) is 30.0 Å². The van der Waals surface area contributed by atoms with E-state index in [9.17, 15) is 18.0 Å². The van der Waals surface area contributed by atoms with E-state index >= 15 is 0 Å². The minimum Gasteiger partial charge on any atom is -0.295 e. The fraction of sp³-hybridized carbons (Fsp3) is 0.0714. The molecule has 2 nitrogen and oxygen atoms in total. The molecule has 0 atom stereocenters. The van der Waals surface area contributed by atoms with E-state index in [1.807, 2.05) is 54.6 Å². The van der Waals surface area contributed by atoms with Gasteiger partial charge < -0.3 is 0 Å². The summed E-state index contributed by atoms with van der Waals surface area (Å²) in [6, 6.07) is 26.2. The van der Waals surface area contributed by atoms with Crippen molar-refractivity contribution in [1.82, 2.24) is 4.98 Å². The van der Waals surface area contributed by atoms with Crippen LogP contribution < -0.4 is 0 Å². The summed E-state index contributed by atoms with van der Waals surface area (Å²) < 4.78 is 39.3. The normalized spacial score (nSPS) is 11.6. The van der Waals surface area contributed by atoms with Crippen molar-refractivity contribution >= 4 is 28.0 Å². The van der Waals surface area contributed by atoms with E-state index in [-0.39, 0.29) is 5.78 Å². The number of Topliss-reactive ketones (excluding diaryl/α,β-unsaturated/α-hetero) is 1. The van der Waals surface area contributed by atoms with Gasteiger partial charge in [-0.25, -0.2) is 4.98 Å². The molecule has 0 aliphatic carbocycles. The number of carbonyl (C=O) groups is 1. The van der Waals surface area contributed by atoms with Crippen LogP contribution in [0.25, 0.3) is 43.0 Å². The van der Waals surface area contributed by atoms with Crippen LogP contribution in [0.2, 0.25) is 0 Å². The third-order valence-electron chi connectivity index (χ3n) is 5.66. The zero-order valence-electron chi connectivity index (χ0n) is 18.1. The van der Waals surface area contributed by atoms with Crippen molar-refractivity contribution in [3.05, 3.63) is 102 Å². The highest BCUT2D eigenvalue weighted by Crippen LogP contribution is 2.43. The summed E-state index contributed by atoms with van der Waals surface area (Å²) in [6.45, 7) is 1.52. The molecule has 0 saturated heterocycles. The fourth-order valence-electron chi connectivity index (χ4n) is 3.84. The van der Waals surface area contributed by atoms with Crippen LogP contribution in [0.3, 0.4) is 0 Å². The van der Waals surface area contributed by atoms with E-state index in [1.54, 1.807) is 12.1 Å². The number of halogens is 3. The van der Waals surface area contributed by atoms with Gasteiger partial charge in [-0.1, -0.05) is 60.7 Å². The van der Waals surface area contributed by atoms with Gasteiger partial charge in [-0.05, 0) is 48.4 Å². The van der Waals surface area contributed by atoms with E-state index in [4.69, 9.17) is 4.98 Å². The van der Waals surface area contributed by atoms with Crippen LogP contribution in [-0.4, -0.2) is 10.8 Å². The molecule has 0 saturated carbocycles. The Kier molecular flexibility index (Phi) is 5.54. The minimum atomic E-state index is -4.39. The second-order valence-corrected chi connectivity index (χ2v) is 9.00. The number of carbonyl (C=O) groups excluding carboxylic acids is 1. The summed E-state index contributed by atoms with van der Waals surface area (Å²) >= 11 is 1.52. The monoisotopic (exact) mass is 473 g/mol. The lowest BCUT2D eigenvalue weighted by molar-refractivity contribution is -0.137. The summed E-state index contributed by atoms with van der Waals surface area (Å²) in [5, 5.41) is 1.01.